The van der Waals surface area contributed by atoms with Gasteiger partial charge in [0.1, 0.15) is 11.4 Å². The molecule has 1 heterocycles. The summed E-state index contributed by atoms with van der Waals surface area (Å²) < 4.78 is 5.49. The number of carbonyl (C=O) groups is 1. The van der Waals surface area contributed by atoms with Gasteiger partial charge in [0.15, 0.2) is 0 Å². The molecule has 1 unspecified atom stereocenters. The highest BCUT2D eigenvalue weighted by atomic mass is 16.6. The van der Waals surface area contributed by atoms with Gasteiger partial charge in [0, 0.05) is 18.7 Å². The lowest BCUT2D eigenvalue weighted by Crippen LogP contribution is -2.51. The van der Waals surface area contributed by atoms with Crippen LogP contribution in [-0.2, 0) is 10.3 Å². The molecule has 1 saturated heterocycles. The predicted molar refractivity (Wildman–Crippen MR) is 81.0 cm³/mol. The molecule has 0 bridgehead atoms. The third-order valence-electron chi connectivity index (χ3n) is 3.85. The maximum atomic E-state index is 12.5. The first kappa shape index (κ1) is 15.6. The van der Waals surface area contributed by atoms with Crippen molar-refractivity contribution in [1.82, 2.24) is 4.90 Å². The van der Waals surface area contributed by atoms with Crippen molar-refractivity contribution in [3.8, 4) is 5.75 Å². The second-order valence-electron chi connectivity index (χ2n) is 6.49. The van der Waals surface area contributed by atoms with Crippen molar-refractivity contribution in [3.05, 3.63) is 29.8 Å². The highest BCUT2D eigenvalue weighted by molar-refractivity contribution is 5.70. The quantitative estimate of drug-likeness (QED) is 0.878. The number of rotatable bonds is 2. The predicted octanol–water partition coefficient (Wildman–Crippen LogP) is 2.58. The third kappa shape index (κ3) is 2.97. The molecule has 1 fully saturated rings. The van der Waals surface area contributed by atoms with E-state index in [0.717, 1.165) is 12.8 Å². The lowest BCUT2D eigenvalue weighted by atomic mass is 9.86. The Morgan fingerprint density at radius 2 is 2.10 bits per heavy atom. The van der Waals surface area contributed by atoms with Gasteiger partial charge in [-0.1, -0.05) is 18.2 Å². The highest BCUT2D eigenvalue weighted by Gasteiger charge is 2.46. The first-order valence-corrected chi connectivity index (χ1v) is 7.29. The largest absolute Gasteiger partial charge is 0.508 e. The Bertz CT molecular complexity index is 524. The van der Waals surface area contributed by atoms with E-state index in [1.807, 2.05) is 32.9 Å². The Kier molecular flexibility index (Phi) is 4.14. The van der Waals surface area contributed by atoms with E-state index < -0.39 is 11.1 Å². The average Bonchev–Trinajstić information content (AvgIpc) is 2.82. The summed E-state index contributed by atoms with van der Waals surface area (Å²) in [5.74, 6) is 0.165. The van der Waals surface area contributed by atoms with E-state index in [2.05, 4.69) is 0 Å². The van der Waals surface area contributed by atoms with Crippen molar-refractivity contribution in [2.75, 3.05) is 13.1 Å². The van der Waals surface area contributed by atoms with Crippen LogP contribution in [0.3, 0.4) is 0 Å². The molecule has 0 aliphatic carbocycles. The summed E-state index contributed by atoms with van der Waals surface area (Å²) >= 11 is 0. The number of hydrogen-bond acceptors (Lipinski definition) is 4. The van der Waals surface area contributed by atoms with E-state index in [-0.39, 0.29) is 18.4 Å². The molecule has 2 rings (SSSR count). The molecular weight excluding hydrogens is 268 g/mol. The molecule has 1 aromatic rings. The van der Waals surface area contributed by atoms with Crippen LogP contribution in [0.25, 0.3) is 0 Å². The smallest absolute Gasteiger partial charge is 0.411 e. The van der Waals surface area contributed by atoms with Crippen LogP contribution in [0.15, 0.2) is 24.3 Å². The molecule has 1 aliphatic heterocycles. The normalized spacial score (nSPS) is 22.4. The minimum absolute atomic E-state index is 0.165. The van der Waals surface area contributed by atoms with Crippen molar-refractivity contribution in [1.29, 1.82) is 0 Å². The lowest BCUT2D eigenvalue weighted by Gasteiger charge is -2.39. The Labute approximate surface area is 125 Å². The molecule has 1 aliphatic rings. The number of phenols is 1. The molecule has 21 heavy (non-hydrogen) atoms. The van der Waals surface area contributed by atoms with Gasteiger partial charge in [-0.2, -0.15) is 0 Å². The molecule has 1 atom stereocenters. The summed E-state index contributed by atoms with van der Waals surface area (Å²) in [4.78, 5) is 14.1. The van der Waals surface area contributed by atoms with Gasteiger partial charge in [-0.3, -0.25) is 4.90 Å². The summed E-state index contributed by atoms with van der Waals surface area (Å²) in [6.45, 7) is 6.35. The monoisotopic (exact) mass is 292 g/mol. The summed E-state index contributed by atoms with van der Waals surface area (Å²) in [5, 5.41) is 10.2. The SMILES string of the molecule is CC(C)(C)OC(=O)N1CCCC1(CN)c1ccccc1O. The number of aromatic hydroxyl groups is 1. The first-order chi connectivity index (χ1) is 9.80. The van der Waals surface area contributed by atoms with Crippen LogP contribution in [0.5, 0.6) is 5.75 Å². The Morgan fingerprint density at radius 3 is 2.67 bits per heavy atom. The number of nitrogens with zero attached hydrogens (tertiary/aromatic N) is 1. The molecule has 0 aromatic heterocycles. The molecule has 5 nitrogen and oxygen atoms in total. The standard InChI is InChI=1S/C16H24N2O3/c1-15(2,3)21-14(20)18-10-6-9-16(18,11-17)12-7-4-5-8-13(12)19/h4-5,7-8,19H,6,9-11,17H2,1-3H3. The van der Waals surface area contributed by atoms with Crippen LogP contribution < -0.4 is 5.73 Å². The number of carbonyl (C=O) groups excluding carboxylic acids is 1. The van der Waals surface area contributed by atoms with Crippen LogP contribution >= 0.6 is 0 Å². The molecule has 1 aromatic carbocycles. The number of ether oxygens (including phenoxy) is 1. The Balaban J connectivity index is 2.38. The average molecular weight is 292 g/mol. The number of para-hydroxylation sites is 1. The lowest BCUT2D eigenvalue weighted by molar-refractivity contribution is 0.00794. The van der Waals surface area contributed by atoms with Gasteiger partial charge in [0.25, 0.3) is 0 Å². The molecular formula is C16H24N2O3. The fourth-order valence-corrected chi connectivity index (χ4v) is 2.93. The minimum atomic E-state index is -0.687. The van der Waals surface area contributed by atoms with E-state index in [9.17, 15) is 9.90 Å². The van der Waals surface area contributed by atoms with E-state index in [4.69, 9.17) is 10.5 Å². The number of hydrogen-bond donors (Lipinski definition) is 2. The molecule has 1 amide bonds. The first-order valence-electron chi connectivity index (χ1n) is 7.29. The second kappa shape index (κ2) is 5.56. The summed E-state index contributed by atoms with van der Waals surface area (Å²) in [7, 11) is 0. The zero-order valence-corrected chi connectivity index (χ0v) is 12.9. The van der Waals surface area contributed by atoms with Gasteiger partial charge in [0.2, 0.25) is 0 Å². The summed E-state index contributed by atoms with van der Waals surface area (Å²) in [6.07, 6.45) is 1.18. The molecule has 0 spiro atoms. The molecule has 0 radical (unpaired) electrons. The highest BCUT2D eigenvalue weighted by Crippen LogP contribution is 2.42. The van der Waals surface area contributed by atoms with Crippen LogP contribution in [0.4, 0.5) is 4.79 Å². The minimum Gasteiger partial charge on any atom is -0.508 e. The zero-order valence-electron chi connectivity index (χ0n) is 12.9. The van der Waals surface area contributed by atoms with Crippen LogP contribution in [0, 0.1) is 0 Å². The van der Waals surface area contributed by atoms with Gasteiger partial charge in [-0.15, -0.1) is 0 Å². The number of phenolic OH excluding ortho intramolecular Hbond substituents is 1. The van der Waals surface area contributed by atoms with Gasteiger partial charge < -0.3 is 15.6 Å². The Morgan fingerprint density at radius 1 is 1.43 bits per heavy atom. The number of nitrogens with two attached hydrogens (primary N) is 1. The molecule has 0 saturated carbocycles. The summed E-state index contributed by atoms with van der Waals surface area (Å²) in [5.41, 5.74) is 5.45. The zero-order chi connectivity index (χ0) is 15.7. The van der Waals surface area contributed by atoms with Gasteiger partial charge in [-0.05, 0) is 39.7 Å². The van der Waals surface area contributed by atoms with E-state index >= 15 is 0 Å². The fraction of sp³-hybridized carbons (Fsp3) is 0.562. The number of benzene rings is 1. The van der Waals surface area contributed by atoms with Crippen molar-refractivity contribution >= 4 is 6.09 Å². The van der Waals surface area contributed by atoms with Crippen molar-refractivity contribution in [2.24, 2.45) is 5.73 Å². The third-order valence-corrected chi connectivity index (χ3v) is 3.85. The number of likely N-dealkylation sites (tertiary alicyclic amines) is 1. The maximum absolute atomic E-state index is 12.5. The maximum Gasteiger partial charge on any atom is 0.411 e. The molecule has 5 heteroatoms. The van der Waals surface area contributed by atoms with Crippen LogP contribution in [0.2, 0.25) is 0 Å². The van der Waals surface area contributed by atoms with Crippen molar-refractivity contribution in [2.45, 2.75) is 44.8 Å². The number of amides is 1. The van der Waals surface area contributed by atoms with E-state index in [0.29, 0.717) is 12.1 Å². The van der Waals surface area contributed by atoms with Crippen molar-refractivity contribution < 1.29 is 14.6 Å². The summed E-state index contributed by atoms with van der Waals surface area (Å²) in [6, 6.07) is 7.05. The van der Waals surface area contributed by atoms with E-state index in [1.165, 1.54) is 0 Å². The Hall–Kier alpha value is -1.75. The fourth-order valence-electron chi connectivity index (χ4n) is 2.93. The molecule has 116 valence electrons. The topological polar surface area (TPSA) is 75.8 Å². The van der Waals surface area contributed by atoms with Crippen LogP contribution in [0.1, 0.15) is 39.2 Å². The van der Waals surface area contributed by atoms with Gasteiger partial charge >= 0.3 is 6.09 Å². The second-order valence-corrected chi connectivity index (χ2v) is 6.49. The van der Waals surface area contributed by atoms with Crippen molar-refractivity contribution in [3.63, 3.8) is 0 Å². The molecule has 3 N–H and O–H groups in total. The van der Waals surface area contributed by atoms with Crippen LogP contribution in [-0.4, -0.2) is 34.8 Å². The van der Waals surface area contributed by atoms with Gasteiger partial charge in [0.05, 0.1) is 5.54 Å². The van der Waals surface area contributed by atoms with E-state index in [1.54, 1.807) is 17.0 Å². The van der Waals surface area contributed by atoms with Gasteiger partial charge in [-0.25, -0.2) is 4.79 Å².